The van der Waals surface area contributed by atoms with Gasteiger partial charge in [0.2, 0.25) is 11.8 Å². The van der Waals surface area contributed by atoms with E-state index in [9.17, 15) is 40.7 Å². The van der Waals surface area contributed by atoms with Crippen molar-refractivity contribution in [2.24, 2.45) is 0 Å². The molecule has 2 saturated heterocycles. The van der Waals surface area contributed by atoms with Gasteiger partial charge in [0, 0.05) is 30.1 Å². The molecule has 63 heavy (non-hydrogen) atoms. The lowest BCUT2D eigenvalue weighted by Crippen LogP contribution is -2.45. The molecule has 8 rings (SSSR count). The van der Waals surface area contributed by atoms with Gasteiger partial charge in [-0.2, -0.15) is 36.5 Å². The van der Waals surface area contributed by atoms with Crippen LogP contribution in [0.15, 0.2) is 61.2 Å². The number of nitrogens with two attached hydrogens (primary N) is 2. The summed E-state index contributed by atoms with van der Waals surface area (Å²) in [4.78, 5) is 54.7. The van der Waals surface area contributed by atoms with Gasteiger partial charge in [0.05, 0.1) is 41.0 Å². The number of imidazole rings is 2. The Morgan fingerprint density at radius 2 is 1.25 bits per heavy atom. The Bertz CT molecular complexity index is 2690. The third-order valence-electron chi connectivity index (χ3n) is 9.74. The number of halogens is 6. The van der Waals surface area contributed by atoms with Crippen LogP contribution in [0, 0.1) is 0 Å². The van der Waals surface area contributed by atoms with E-state index in [1.54, 1.807) is 32.9 Å². The van der Waals surface area contributed by atoms with Crippen LogP contribution in [0.4, 0.5) is 54.4 Å². The summed E-state index contributed by atoms with van der Waals surface area (Å²) >= 11 is 0. The van der Waals surface area contributed by atoms with Gasteiger partial charge in [-0.05, 0) is 89.4 Å². The third-order valence-corrected chi connectivity index (χ3v) is 9.74. The minimum Gasteiger partial charge on any atom is -0.444 e. The second-order valence-electron chi connectivity index (χ2n) is 15.6. The van der Waals surface area contributed by atoms with Crippen LogP contribution < -0.4 is 27.4 Å². The first-order valence-corrected chi connectivity index (χ1v) is 19.4. The summed E-state index contributed by atoms with van der Waals surface area (Å²) in [6.45, 7) is 6.44. The minimum absolute atomic E-state index is 0.117. The summed E-state index contributed by atoms with van der Waals surface area (Å²) in [5, 5.41) is 17.0. The number of anilines is 4. The van der Waals surface area contributed by atoms with Gasteiger partial charge >= 0.3 is 18.4 Å². The van der Waals surface area contributed by atoms with Crippen molar-refractivity contribution in [1.82, 2.24) is 49.4 Å². The van der Waals surface area contributed by atoms with E-state index in [1.807, 2.05) is 0 Å². The number of pyridine rings is 2. The van der Waals surface area contributed by atoms with E-state index in [0.29, 0.717) is 36.5 Å². The molecule has 6 aromatic rings. The highest BCUT2D eigenvalue weighted by atomic mass is 19.4. The number of ether oxygens (including phenoxy) is 1. The van der Waals surface area contributed by atoms with Gasteiger partial charge < -0.3 is 32.2 Å². The topological polar surface area (TPSA) is 238 Å². The molecule has 0 spiro atoms. The second kappa shape index (κ2) is 17.0. The molecule has 24 heteroatoms. The van der Waals surface area contributed by atoms with E-state index in [0.717, 1.165) is 31.5 Å². The molecule has 2 atom stereocenters. The van der Waals surface area contributed by atoms with E-state index < -0.39 is 58.8 Å². The van der Waals surface area contributed by atoms with Crippen LogP contribution in [0.2, 0.25) is 0 Å². The largest absolute Gasteiger partial charge is 0.444 e. The molecule has 0 radical (unpaired) electrons. The fourth-order valence-corrected chi connectivity index (χ4v) is 6.79. The highest BCUT2D eigenvalue weighted by molar-refractivity contribution is 5.96. The van der Waals surface area contributed by atoms with Crippen LogP contribution in [-0.4, -0.2) is 92.7 Å². The lowest BCUT2D eigenvalue weighted by molar-refractivity contribution is -0.137. The predicted molar refractivity (Wildman–Crippen MR) is 216 cm³/mol. The Morgan fingerprint density at radius 3 is 1.71 bits per heavy atom. The summed E-state index contributed by atoms with van der Waals surface area (Å²) in [5.41, 5.74) is 9.49. The Kier molecular flexibility index (Phi) is 11.8. The first kappa shape index (κ1) is 44.0. The average molecular weight is 883 g/mol. The molecule has 332 valence electrons. The summed E-state index contributed by atoms with van der Waals surface area (Å²) in [7, 11) is 0. The van der Waals surface area contributed by atoms with Gasteiger partial charge in [0.15, 0.2) is 22.9 Å². The Hall–Kier alpha value is -7.11. The molecule has 0 unspecified atom stereocenters. The van der Waals surface area contributed by atoms with E-state index in [-0.39, 0.29) is 40.3 Å². The molecule has 7 N–H and O–H groups in total. The summed E-state index contributed by atoms with van der Waals surface area (Å²) in [5.74, 6) is -1.32. The standard InChI is InChI=1S/C22H24F3N7O3.C17H16F3N7O/c1-21(2,3)35-20(34)31-8-4-5-15(31)19(33)29-16-11-32-17(28-16)7-6-14(30-32)12-9-13(22(23,24)25)18(26)27-10-12;18-17(19,20)10-6-9(7-23-15(10)21)11-3-4-14-24-13(8-27(14)26-11)25-16(28)12-2-1-5-22-12/h6-7,9-11,15H,4-5,8H2,1-3H3,(H2,26,27)(H,29,33);3-4,6-8,12,22H,1-2,5H2,(H2,21,23)(H,25,28)/t15-;12-/m11/s1. The van der Waals surface area contributed by atoms with Gasteiger partial charge in [-0.25, -0.2) is 33.8 Å². The van der Waals surface area contributed by atoms with Crippen molar-refractivity contribution >= 4 is 52.5 Å². The number of hydrogen-bond donors (Lipinski definition) is 5. The molecule has 0 aliphatic carbocycles. The number of nitrogen functional groups attached to an aromatic ring is 2. The Balaban J connectivity index is 0.000000193. The van der Waals surface area contributed by atoms with Crippen LogP contribution >= 0.6 is 0 Å². The van der Waals surface area contributed by atoms with Crippen molar-refractivity contribution < 1.29 is 45.5 Å². The lowest BCUT2D eigenvalue weighted by Gasteiger charge is -2.27. The number of hydrogen-bond acceptors (Lipinski definition) is 13. The van der Waals surface area contributed by atoms with Crippen molar-refractivity contribution in [3.05, 3.63) is 72.3 Å². The number of nitrogens with one attached hydrogen (secondary N) is 3. The van der Waals surface area contributed by atoms with Gasteiger partial charge in [0.25, 0.3) is 0 Å². The van der Waals surface area contributed by atoms with Crippen LogP contribution in [0.3, 0.4) is 0 Å². The summed E-state index contributed by atoms with van der Waals surface area (Å²) < 4.78 is 86.8. The van der Waals surface area contributed by atoms with E-state index >= 15 is 0 Å². The quantitative estimate of drug-likeness (QED) is 0.124. The van der Waals surface area contributed by atoms with Crippen molar-refractivity contribution in [3.8, 4) is 22.5 Å². The van der Waals surface area contributed by atoms with Crippen LogP contribution in [0.25, 0.3) is 33.8 Å². The zero-order valence-electron chi connectivity index (χ0n) is 33.8. The fourth-order valence-electron chi connectivity index (χ4n) is 6.79. The average Bonchev–Trinajstić information content (AvgIpc) is 4.03. The smallest absolute Gasteiger partial charge is 0.419 e. The highest BCUT2D eigenvalue weighted by Crippen LogP contribution is 2.36. The van der Waals surface area contributed by atoms with E-state index in [4.69, 9.17) is 16.2 Å². The first-order chi connectivity index (χ1) is 29.6. The van der Waals surface area contributed by atoms with Crippen molar-refractivity contribution in [2.75, 3.05) is 35.2 Å². The fraction of sp³-hybridized carbons (Fsp3) is 0.359. The van der Waals surface area contributed by atoms with Gasteiger partial charge in [0.1, 0.15) is 23.3 Å². The number of carbonyl (C=O) groups is 3. The molecule has 2 aliphatic heterocycles. The number of fused-ring (bicyclic) bond motifs is 2. The molecule has 8 heterocycles. The minimum atomic E-state index is -4.66. The van der Waals surface area contributed by atoms with Crippen molar-refractivity contribution in [1.29, 1.82) is 0 Å². The number of likely N-dealkylation sites (tertiary alicyclic amines) is 1. The number of carbonyl (C=O) groups excluding carboxylic acids is 3. The molecule has 0 saturated carbocycles. The number of alkyl halides is 6. The maximum absolute atomic E-state index is 13.2. The van der Waals surface area contributed by atoms with Crippen LogP contribution in [-0.2, 0) is 26.7 Å². The van der Waals surface area contributed by atoms with Crippen molar-refractivity contribution in [3.63, 3.8) is 0 Å². The molecular weight excluding hydrogens is 843 g/mol. The second-order valence-corrected chi connectivity index (χ2v) is 15.6. The number of rotatable bonds is 6. The zero-order valence-corrected chi connectivity index (χ0v) is 33.8. The van der Waals surface area contributed by atoms with Gasteiger partial charge in [-0.15, -0.1) is 0 Å². The third kappa shape index (κ3) is 10.2. The molecule has 6 aromatic heterocycles. The van der Waals surface area contributed by atoms with Gasteiger partial charge in [-0.1, -0.05) is 0 Å². The predicted octanol–water partition coefficient (Wildman–Crippen LogP) is 5.81. The number of nitrogens with zero attached hydrogens (tertiary/aromatic N) is 9. The SMILES string of the molecule is CC(C)(C)OC(=O)N1CCC[C@@H]1C(=O)Nc1cn2nc(-c3cnc(N)c(C(F)(F)F)c3)ccc2n1.Nc1ncc(-c2ccc3nc(NC(=O)[C@H]4CCCN4)cn3n2)cc1C(F)(F)F. The number of aromatic nitrogens is 8. The van der Waals surface area contributed by atoms with Gasteiger partial charge in [-0.3, -0.25) is 14.5 Å². The van der Waals surface area contributed by atoms with Crippen LogP contribution in [0.1, 0.15) is 57.6 Å². The van der Waals surface area contributed by atoms with Crippen LogP contribution in [0.5, 0.6) is 0 Å². The highest BCUT2D eigenvalue weighted by Gasteiger charge is 2.38. The summed E-state index contributed by atoms with van der Waals surface area (Å²) in [6, 6.07) is 6.97. The molecule has 0 bridgehead atoms. The Morgan fingerprint density at radius 1 is 0.746 bits per heavy atom. The maximum atomic E-state index is 13.2. The number of amides is 3. The monoisotopic (exact) mass is 882 g/mol. The molecule has 3 amide bonds. The zero-order chi connectivity index (χ0) is 45.4. The molecule has 2 fully saturated rings. The first-order valence-electron chi connectivity index (χ1n) is 19.4. The molecule has 0 aromatic carbocycles. The van der Waals surface area contributed by atoms with Crippen molar-refractivity contribution in [2.45, 2.75) is 76.5 Å². The lowest BCUT2D eigenvalue weighted by atomic mass is 10.1. The molecule has 18 nitrogen and oxygen atoms in total. The van der Waals surface area contributed by atoms with E-state index in [1.165, 1.54) is 50.9 Å². The normalized spacial score (nSPS) is 16.8. The Labute approximate surface area is 353 Å². The maximum Gasteiger partial charge on any atom is 0.419 e. The molecular formula is C39H40F6N14O4. The summed E-state index contributed by atoms with van der Waals surface area (Å²) in [6.07, 6.45) is -1.65. The molecule has 2 aliphatic rings. The van der Waals surface area contributed by atoms with E-state index in [2.05, 4.69) is 46.1 Å².